The Hall–Kier alpha value is -3.52. The van der Waals surface area contributed by atoms with Crippen molar-refractivity contribution in [1.29, 1.82) is 0 Å². The molecule has 1 aromatic carbocycles. The minimum absolute atomic E-state index is 0.282. The molecule has 2 atom stereocenters. The molecule has 4 aromatic rings. The number of piperazine rings is 1. The normalized spacial score (nSPS) is 21.6. The molecule has 1 saturated heterocycles. The van der Waals surface area contributed by atoms with Crippen molar-refractivity contribution in [3.8, 4) is 11.1 Å². The fourth-order valence-electron chi connectivity index (χ4n) is 6.21. The van der Waals surface area contributed by atoms with Crippen molar-refractivity contribution in [2.24, 2.45) is 17.3 Å². The first kappa shape index (κ1) is 25.4. The van der Waals surface area contributed by atoms with Crippen molar-refractivity contribution in [2.45, 2.75) is 59.0 Å². The molecule has 3 fully saturated rings. The van der Waals surface area contributed by atoms with E-state index < -0.39 is 0 Å². The standard InChI is InChI=1S/C32H39N7O/c1-21(37-10-12-38(13-11-37)31(40)22-4-5-22)23-8-9-33-27(14-23)16-30-35-28-7-6-24(15-29(28)36-30)25-18-34-39(19-25)20-26-17-32(26,2)3/h6-9,14-15,18-19,21-22,26H,4-5,10-13,16-17,20H2,1-3H3,(H,35,36)/t21?,26-/m0/s1. The molecule has 0 radical (unpaired) electrons. The molecule has 2 saturated carbocycles. The average Bonchev–Trinajstić information content (AvgIpc) is 3.79. The number of benzene rings is 1. The van der Waals surface area contributed by atoms with Crippen LogP contribution in [0.1, 0.15) is 63.2 Å². The van der Waals surface area contributed by atoms with Gasteiger partial charge in [-0.2, -0.15) is 5.10 Å². The third-order valence-corrected chi connectivity index (χ3v) is 9.39. The summed E-state index contributed by atoms with van der Waals surface area (Å²) in [7, 11) is 0. The van der Waals surface area contributed by atoms with Gasteiger partial charge < -0.3 is 9.88 Å². The van der Waals surface area contributed by atoms with E-state index in [2.05, 4.69) is 86.8 Å². The zero-order chi connectivity index (χ0) is 27.4. The Morgan fingerprint density at radius 1 is 1.10 bits per heavy atom. The van der Waals surface area contributed by atoms with Crippen LogP contribution in [0, 0.1) is 17.3 Å². The molecule has 1 amide bonds. The van der Waals surface area contributed by atoms with Crippen LogP contribution in [0.4, 0.5) is 0 Å². The lowest BCUT2D eigenvalue weighted by atomic mass is 10.1. The van der Waals surface area contributed by atoms with Crippen LogP contribution >= 0.6 is 0 Å². The highest BCUT2D eigenvalue weighted by Gasteiger charge is 2.45. The molecule has 4 heterocycles. The van der Waals surface area contributed by atoms with E-state index >= 15 is 0 Å². The first-order valence-electron chi connectivity index (χ1n) is 14.8. The molecule has 0 bridgehead atoms. The average molecular weight is 538 g/mol. The molecule has 8 nitrogen and oxygen atoms in total. The maximum atomic E-state index is 12.4. The highest BCUT2D eigenvalue weighted by atomic mass is 16.2. The maximum absolute atomic E-state index is 12.4. The number of amides is 1. The molecule has 7 rings (SSSR count). The second-order valence-corrected chi connectivity index (χ2v) is 12.8. The number of hydrogen-bond acceptors (Lipinski definition) is 5. The summed E-state index contributed by atoms with van der Waals surface area (Å²) < 4.78 is 2.09. The van der Waals surface area contributed by atoms with Gasteiger partial charge in [0.2, 0.25) is 5.91 Å². The van der Waals surface area contributed by atoms with Crippen LogP contribution in [0.25, 0.3) is 22.2 Å². The van der Waals surface area contributed by atoms with E-state index in [-0.39, 0.29) is 6.04 Å². The van der Waals surface area contributed by atoms with Crippen LogP contribution in [0.15, 0.2) is 48.9 Å². The fourth-order valence-corrected chi connectivity index (χ4v) is 6.21. The van der Waals surface area contributed by atoms with Gasteiger partial charge in [-0.1, -0.05) is 19.9 Å². The summed E-state index contributed by atoms with van der Waals surface area (Å²) >= 11 is 0. The van der Waals surface area contributed by atoms with Gasteiger partial charge in [0.25, 0.3) is 0 Å². The van der Waals surface area contributed by atoms with E-state index in [4.69, 9.17) is 4.98 Å². The Labute approximate surface area is 235 Å². The monoisotopic (exact) mass is 537 g/mol. The lowest BCUT2D eigenvalue weighted by Gasteiger charge is -2.38. The second kappa shape index (κ2) is 9.84. The molecule has 1 unspecified atom stereocenters. The Morgan fingerprint density at radius 3 is 2.65 bits per heavy atom. The van der Waals surface area contributed by atoms with Crippen molar-refractivity contribution in [1.82, 2.24) is 34.5 Å². The summed E-state index contributed by atoms with van der Waals surface area (Å²) in [6, 6.07) is 11.0. The van der Waals surface area contributed by atoms with Crippen LogP contribution < -0.4 is 0 Å². The number of carbonyl (C=O) groups is 1. The summed E-state index contributed by atoms with van der Waals surface area (Å²) in [6.07, 6.45) is 10.1. The van der Waals surface area contributed by atoms with Gasteiger partial charge in [-0.15, -0.1) is 0 Å². The Balaban J connectivity index is 1.01. The van der Waals surface area contributed by atoms with Crippen molar-refractivity contribution in [3.63, 3.8) is 0 Å². The highest BCUT2D eigenvalue weighted by Crippen LogP contribution is 2.52. The Morgan fingerprint density at radius 2 is 1.90 bits per heavy atom. The van der Waals surface area contributed by atoms with E-state index in [0.717, 1.165) is 85.2 Å². The summed E-state index contributed by atoms with van der Waals surface area (Å²) in [5, 5.41) is 4.62. The second-order valence-electron chi connectivity index (χ2n) is 12.8. The third kappa shape index (κ3) is 5.17. The molecule has 8 heteroatoms. The molecule has 0 spiro atoms. The molecular formula is C32H39N7O. The molecule has 3 aromatic heterocycles. The molecule has 3 aliphatic rings. The first-order chi connectivity index (χ1) is 19.3. The van der Waals surface area contributed by atoms with Gasteiger partial charge in [0.05, 0.1) is 17.2 Å². The van der Waals surface area contributed by atoms with Crippen molar-refractivity contribution in [2.75, 3.05) is 26.2 Å². The van der Waals surface area contributed by atoms with Crippen LogP contribution in [0.3, 0.4) is 0 Å². The largest absolute Gasteiger partial charge is 0.342 e. The highest BCUT2D eigenvalue weighted by molar-refractivity contribution is 5.82. The van der Waals surface area contributed by atoms with Gasteiger partial charge in [-0.3, -0.25) is 19.4 Å². The van der Waals surface area contributed by atoms with Gasteiger partial charge in [0, 0.05) is 74.8 Å². The van der Waals surface area contributed by atoms with Gasteiger partial charge in [0.15, 0.2) is 0 Å². The van der Waals surface area contributed by atoms with Crippen LogP contribution in [0.5, 0.6) is 0 Å². The lowest BCUT2D eigenvalue weighted by Crippen LogP contribution is -2.49. The predicted molar refractivity (Wildman–Crippen MR) is 156 cm³/mol. The fraction of sp³-hybridized carbons (Fsp3) is 0.500. The lowest BCUT2D eigenvalue weighted by molar-refractivity contribution is -0.134. The molecule has 1 aliphatic heterocycles. The predicted octanol–water partition coefficient (Wildman–Crippen LogP) is 5.07. The van der Waals surface area contributed by atoms with E-state index in [1.165, 1.54) is 12.0 Å². The van der Waals surface area contributed by atoms with Crippen molar-refractivity contribution in [3.05, 3.63) is 66.0 Å². The van der Waals surface area contributed by atoms with Gasteiger partial charge in [-0.25, -0.2) is 4.98 Å². The Bertz CT molecular complexity index is 1540. The quantitative estimate of drug-likeness (QED) is 0.339. The zero-order valence-corrected chi connectivity index (χ0v) is 23.8. The summed E-state index contributed by atoms with van der Waals surface area (Å²) in [6.45, 7) is 11.4. The maximum Gasteiger partial charge on any atom is 0.225 e. The smallest absolute Gasteiger partial charge is 0.225 e. The number of nitrogens with one attached hydrogen (secondary N) is 1. The Kier molecular flexibility index (Phi) is 6.26. The van der Waals surface area contributed by atoms with Crippen LogP contribution in [-0.4, -0.2) is 66.6 Å². The number of H-pyrrole nitrogens is 1. The minimum atomic E-state index is 0.282. The van der Waals surface area contributed by atoms with Gasteiger partial charge >= 0.3 is 0 Å². The number of aromatic amines is 1. The van der Waals surface area contributed by atoms with Crippen molar-refractivity contribution >= 4 is 16.9 Å². The minimum Gasteiger partial charge on any atom is -0.342 e. The topological polar surface area (TPSA) is 82.9 Å². The number of pyridine rings is 1. The number of carbonyl (C=O) groups excluding carboxylic acids is 1. The molecule has 208 valence electrons. The molecular weight excluding hydrogens is 498 g/mol. The molecule has 2 aliphatic carbocycles. The number of rotatable bonds is 8. The summed E-state index contributed by atoms with van der Waals surface area (Å²) in [5.74, 6) is 2.31. The third-order valence-electron chi connectivity index (χ3n) is 9.39. The summed E-state index contributed by atoms with van der Waals surface area (Å²) in [5.41, 5.74) is 7.01. The molecule has 40 heavy (non-hydrogen) atoms. The van der Waals surface area contributed by atoms with E-state index in [1.807, 2.05) is 12.4 Å². The van der Waals surface area contributed by atoms with E-state index in [1.54, 1.807) is 0 Å². The van der Waals surface area contributed by atoms with Crippen LogP contribution in [-0.2, 0) is 17.8 Å². The SMILES string of the molecule is CC(c1ccnc(Cc2nc3ccc(-c4cnn(C[C@@H]5CC5(C)C)c4)cc3[nH]2)c1)N1CCN(C(=O)C2CC2)CC1. The number of nitrogens with zero attached hydrogens (tertiary/aromatic N) is 6. The molecule has 1 N–H and O–H groups in total. The van der Waals surface area contributed by atoms with Crippen LogP contribution in [0.2, 0.25) is 0 Å². The number of fused-ring (bicyclic) bond motifs is 1. The van der Waals surface area contributed by atoms with Gasteiger partial charge in [0.1, 0.15) is 5.82 Å². The van der Waals surface area contributed by atoms with E-state index in [0.29, 0.717) is 23.7 Å². The van der Waals surface area contributed by atoms with Crippen molar-refractivity contribution < 1.29 is 4.79 Å². The number of imidazole rings is 1. The number of hydrogen-bond donors (Lipinski definition) is 1. The summed E-state index contributed by atoms with van der Waals surface area (Å²) in [4.78, 5) is 30.0. The number of aromatic nitrogens is 5. The van der Waals surface area contributed by atoms with E-state index in [9.17, 15) is 4.79 Å². The van der Waals surface area contributed by atoms with Gasteiger partial charge in [-0.05, 0) is 72.9 Å². The zero-order valence-electron chi connectivity index (χ0n) is 23.8. The first-order valence-corrected chi connectivity index (χ1v) is 14.8.